The molecule has 1 N–H and O–H groups in total. The van der Waals surface area contributed by atoms with E-state index in [0.29, 0.717) is 29.9 Å². The minimum absolute atomic E-state index is 0.0293. The lowest BCUT2D eigenvalue weighted by Gasteiger charge is -1.98. The van der Waals surface area contributed by atoms with Gasteiger partial charge < -0.3 is 9.52 Å². The van der Waals surface area contributed by atoms with Gasteiger partial charge in [0.1, 0.15) is 5.52 Å². The molecule has 0 aliphatic rings. The molecule has 0 spiro atoms. The van der Waals surface area contributed by atoms with Crippen LogP contribution >= 0.6 is 0 Å². The maximum absolute atomic E-state index is 12.0. The van der Waals surface area contributed by atoms with E-state index in [0.717, 1.165) is 11.1 Å². The molecule has 2 aromatic carbocycles. The summed E-state index contributed by atoms with van der Waals surface area (Å²) < 4.78 is 5.62. The molecular weight excluding hydrogens is 266 g/mol. The Balaban J connectivity index is 1.72. The minimum atomic E-state index is -0.0293. The first-order chi connectivity index (χ1) is 10.3. The van der Waals surface area contributed by atoms with Crippen molar-refractivity contribution in [1.82, 2.24) is 4.98 Å². The molecule has 3 aromatic rings. The van der Waals surface area contributed by atoms with Gasteiger partial charge in [0.05, 0.1) is 6.61 Å². The van der Waals surface area contributed by atoms with Gasteiger partial charge in [-0.25, -0.2) is 4.98 Å². The molecule has 0 saturated carbocycles. The van der Waals surface area contributed by atoms with E-state index in [1.165, 1.54) is 0 Å². The number of rotatable bonds is 5. The third kappa shape index (κ3) is 3.01. The second-order valence-corrected chi connectivity index (χ2v) is 4.86. The van der Waals surface area contributed by atoms with E-state index >= 15 is 0 Å². The summed E-state index contributed by atoms with van der Waals surface area (Å²) in [5.41, 5.74) is 2.87. The third-order valence-electron chi connectivity index (χ3n) is 3.34. The topological polar surface area (TPSA) is 63.3 Å². The second kappa shape index (κ2) is 5.89. The Hall–Kier alpha value is -2.46. The summed E-state index contributed by atoms with van der Waals surface area (Å²) in [5, 5.41) is 9.10. The Bertz CT molecular complexity index is 762. The second-order valence-electron chi connectivity index (χ2n) is 4.86. The molecular formula is C17H15NO3. The third-order valence-corrected chi connectivity index (χ3v) is 3.34. The van der Waals surface area contributed by atoms with Crippen molar-refractivity contribution in [2.45, 2.75) is 19.4 Å². The highest BCUT2D eigenvalue weighted by Gasteiger charge is 2.10. The number of oxazole rings is 1. The molecule has 0 aliphatic heterocycles. The lowest BCUT2D eigenvalue weighted by Crippen LogP contribution is -2.00. The van der Waals surface area contributed by atoms with Gasteiger partial charge in [0.15, 0.2) is 17.3 Å². The molecule has 106 valence electrons. The molecule has 1 aromatic heterocycles. The van der Waals surface area contributed by atoms with E-state index in [9.17, 15) is 4.79 Å². The predicted octanol–water partition coefficient (Wildman–Crippen LogP) is 3.14. The van der Waals surface area contributed by atoms with Crippen LogP contribution in [-0.4, -0.2) is 15.9 Å². The smallest absolute Gasteiger partial charge is 0.195 e. The number of nitrogens with zero attached hydrogens (tertiary/aromatic N) is 1. The fraction of sp³-hybridized carbons (Fsp3) is 0.176. The van der Waals surface area contributed by atoms with Gasteiger partial charge in [-0.1, -0.05) is 36.4 Å². The molecule has 21 heavy (non-hydrogen) atoms. The van der Waals surface area contributed by atoms with Gasteiger partial charge in [0.25, 0.3) is 0 Å². The van der Waals surface area contributed by atoms with Crippen LogP contribution in [0.25, 0.3) is 11.1 Å². The number of carbonyl (C=O) groups is 1. The minimum Gasteiger partial charge on any atom is -0.441 e. The van der Waals surface area contributed by atoms with Gasteiger partial charge in [0.2, 0.25) is 0 Å². The van der Waals surface area contributed by atoms with Gasteiger partial charge in [-0.2, -0.15) is 0 Å². The monoisotopic (exact) mass is 281 g/mol. The van der Waals surface area contributed by atoms with Gasteiger partial charge in [-0.3, -0.25) is 4.79 Å². The molecule has 0 unspecified atom stereocenters. The van der Waals surface area contributed by atoms with Crippen molar-refractivity contribution >= 4 is 16.9 Å². The molecule has 0 radical (unpaired) electrons. The Kier molecular flexibility index (Phi) is 3.79. The number of hydrogen-bond donors (Lipinski definition) is 1. The quantitative estimate of drug-likeness (QED) is 0.730. The van der Waals surface area contributed by atoms with Crippen LogP contribution in [0.2, 0.25) is 0 Å². The zero-order valence-corrected chi connectivity index (χ0v) is 11.5. The van der Waals surface area contributed by atoms with Crippen LogP contribution in [0.1, 0.15) is 28.2 Å². The lowest BCUT2D eigenvalue weighted by atomic mass is 10.1. The number of aliphatic hydroxyl groups excluding tert-OH is 1. The number of carbonyl (C=O) groups excluding carboxylic acids is 1. The van der Waals surface area contributed by atoms with E-state index < -0.39 is 0 Å². The van der Waals surface area contributed by atoms with Gasteiger partial charge in [-0.15, -0.1) is 0 Å². The largest absolute Gasteiger partial charge is 0.441 e. The summed E-state index contributed by atoms with van der Waals surface area (Å²) in [6.07, 6.45) is 0.834. The molecule has 0 saturated heterocycles. The number of fused-ring (bicyclic) bond motifs is 1. The zero-order chi connectivity index (χ0) is 14.7. The summed E-state index contributed by atoms with van der Waals surface area (Å²) in [5.74, 6) is 0.623. The molecule has 0 aliphatic carbocycles. The van der Waals surface area contributed by atoms with Crippen molar-refractivity contribution in [3.05, 3.63) is 65.5 Å². The van der Waals surface area contributed by atoms with Crippen molar-refractivity contribution in [3.63, 3.8) is 0 Å². The van der Waals surface area contributed by atoms with Crippen LogP contribution in [0, 0.1) is 0 Å². The first-order valence-electron chi connectivity index (χ1n) is 6.84. The summed E-state index contributed by atoms with van der Waals surface area (Å²) in [4.78, 5) is 16.4. The number of hydrogen-bond acceptors (Lipinski definition) is 4. The van der Waals surface area contributed by atoms with Crippen LogP contribution < -0.4 is 0 Å². The van der Waals surface area contributed by atoms with Gasteiger partial charge in [0, 0.05) is 18.4 Å². The summed E-state index contributed by atoms with van der Waals surface area (Å²) in [6.45, 7) is -0.0293. The number of Topliss-reactive ketones (excluding diaryl/α,β-unsaturated/α-hetero) is 1. The van der Waals surface area contributed by atoms with Crippen molar-refractivity contribution in [3.8, 4) is 0 Å². The van der Waals surface area contributed by atoms with E-state index in [2.05, 4.69) is 4.98 Å². The Morgan fingerprint density at radius 2 is 1.95 bits per heavy atom. The van der Waals surface area contributed by atoms with Crippen LogP contribution in [0.3, 0.4) is 0 Å². The Morgan fingerprint density at radius 1 is 1.14 bits per heavy atom. The maximum atomic E-state index is 12.0. The zero-order valence-electron chi connectivity index (χ0n) is 11.5. The van der Waals surface area contributed by atoms with E-state index in [1.807, 2.05) is 42.5 Å². The number of aliphatic hydroxyl groups is 1. The van der Waals surface area contributed by atoms with Crippen LogP contribution in [0.4, 0.5) is 0 Å². The number of aryl methyl sites for hydroxylation is 1. The first-order valence-corrected chi connectivity index (χ1v) is 6.84. The van der Waals surface area contributed by atoms with Gasteiger partial charge in [-0.05, 0) is 17.7 Å². The highest BCUT2D eigenvalue weighted by atomic mass is 16.3. The summed E-state index contributed by atoms with van der Waals surface area (Å²) in [6, 6.07) is 14.6. The highest BCUT2D eigenvalue weighted by molar-refractivity contribution is 5.96. The van der Waals surface area contributed by atoms with Crippen molar-refractivity contribution < 1.29 is 14.3 Å². The highest BCUT2D eigenvalue weighted by Crippen LogP contribution is 2.18. The number of aromatic nitrogens is 1. The molecule has 1 heterocycles. The fourth-order valence-electron chi connectivity index (χ4n) is 2.21. The average Bonchev–Trinajstić information content (AvgIpc) is 2.95. The van der Waals surface area contributed by atoms with Gasteiger partial charge >= 0.3 is 0 Å². The van der Waals surface area contributed by atoms with E-state index in [4.69, 9.17) is 9.52 Å². The predicted molar refractivity (Wildman–Crippen MR) is 79.0 cm³/mol. The molecule has 4 nitrogen and oxygen atoms in total. The van der Waals surface area contributed by atoms with E-state index in [-0.39, 0.29) is 12.4 Å². The molecule has 0 atom stereocenters. The summed E-state index contributed by atoms with van der Waals surface area (Å²) in [7, 11) is 0. The lowest BCUT2D eigenvalue weighted by molar-refractivity contribution is 0.0980. The first kappa shape index (κ1) is 13.5. The van der Waals surface area contributed by atoms with Crippen LogP contribution in [-0.2, 0) is 13.0 Å². The Morgan fingerprint density at radius 3 is 2.71 bits per heavy atom. The Labute approximate surface area is 122 Å². The molecule has 0 amide bonds. The average molecular weight is 281 g/mol. The van der Waals surface area contributed by atoms with Crippen molar-refractivity contribution in [1.29, 1.82) is 0 Å². The van der Waals surface area contributed by atoms with Crippen LogP contribution in [0.15, 0.2) is 52.9 Å². The molecule has 4 heteroatoms. The number of ketones is 1. The van der Waals surface area contributed by atoms with Crippen molar-refractivity contribution in [2.24, 2.45) is 0 Å². The SMILES string of the molecule is O=C(CCc1nc2ccc(CO)cc2o1)c1ccccc1. The van der Waals surface area contributed by atoms with Crippen LogP contribution in [0.5, 0.6) is 0 Å². The standard InChI is InChI=1S/C17H15NO3/c19-11-12-6-7-14-16(10-12)21-17(18-14)9-8-15(20)13-4-2-1-3-5-13/h1-7,10,19H,8-9,11H2. The number of benzene rings is 2. The summed E-state index contributed by atoms with van der Waals surface area (Å²) >= 11 is 0. The van der Waals surface area contributed by atoms with Crippen molar-refractivity contribution in [2.75, 3.05) is 0 Å². The molecule has 0 fully saturated rings. The van der Waals surface area contributed by atoms with E-state index in [1.54, 1.807) is 6.07 Å². The normalized spacial score (nSPS) is 10.9. The maximum Gasteiger partial charge on any atom is 0.195 e. The molecule has 3 rings (SSSR count). The molecule has 0 bridgehead atoms. The fourth-order valence-corrected chi connectivity index (χ4v) is 2.21.